The molecule has 1 aromatic heterocycles. The second-order valence-corrected chi connectivity index (χ2v) is 17.4. The Morgan fingerprint density at radius 2 is 0.932 bits per heavy atom. The van der Waals surface area contributed by atoms with Gasteiger partial charge in [0.25, 0.3) is 0 Å². The number of rotatable bonds is 30. The van der Waals surface area contributed by atoms with Gasteiger partial charge in [-0.3, -0.25) is 43.5 Å². The summed E-state index contributed by atoms with van der Waals surface area (Å²) < 4.78 is 0. The number of phenols is 2. The fourth-order valence-corrected chi connectivity index (χ4v) is 7.81. The first-order valence-corrected chi connectivity index (χ1v) is 23.8. The Morgan fingerprint density at radius 1 is 0.521 bits per heavy atom. The smallest absolute Gasteiger partial charge is 0.243 e. The van der Waals surface area contributed by atoms with Crippen LogP contribution in [0.5, 0.6) is 11.5 Å². The number of aliphatic imine (C=N–C) groups is 2. The van der Waals surface area contributed by atoms with E-state index in [0.717, 1.165) is 10.9 Å². The van der Waals surface area contributed by atoms with Gasteiger partial charge in [-0.1, -0.05) is 42.5 Å². The van der Waals surface area contributed by atoms with E-state index in [-0.39, 0.29) is 94.4 Å². The van der Waals surface area contributed by atoms with Crippen LogP contribution in [0.15, 0.2) is 89.0 Å². The second-order valence-electron chi connectivity index (χ2n) is 17.4. The molecule has 0 saturated heterocycles. The summed E-state index contributed by atoms with van der Waals surface area (Å²) in [5, 5.41) is 37.0. The zero-order valence-electron chi connectivity index (χ0n) is 40.8. The van der Waals surface area contributed by atoms with Gasteiger partial charge >= 0.3 is 0 Å². The zero-order valence-corrected chi connectivity index (χ0v) is 40.8. The lowest BCUT2D eigenvalue weighted by molar-refractivity contribution is -0.135. The van der Waals surface area contributed by atoms with Crippen molar-refractivity contribution in [3.8, 4) is 11.5 Å². The summed E-state index contributed by atoms with van der Waals surface area (Å²) in [7, 11) is 0. The number of benzene rings is 3. The van der Waals surface area contributed by atoms with Crippen molar-refractivity contribution in [2.75, 3.05) is 19.6 Å². The number of amides is 7. The lowest BCUT2D eigenvalue weighted by atomic mass is 10.00. The molecule has 7 amide bonds. The number of nitrogens with two attached hydrogens (primary N) is 6. The highest BCUT2D eigenvalue weighted by molar-refractivity contribution is 5.97. The van der Waals surface area contributed by atoms with Crippen LogP contribution in [0.25, 0.3) is 10.9 Å². The minimum Gasteiger partial charge on any atom is -0.508 e. The van der Waals surface area contributed by atoms with Crippen molar-refractivity contribution in [3.63, 3.8) is 0 Å². The molecule has 4 aromatic rings. The summed E-state index contributed by atoms with van der Waals surface area (Å²) in [6.07, 6.45) is 2.91. The Kier molecular flexibility index (Phi) is 22.8. The maximum Gasteiger partial charge on any atom is 0.243 e. The number of phenolic OH excluding ortho intramolecular Hbond substituents is 2. The molecule has 0 saturated carbocycles. The fraction of sp³-hybridized carbons (Fsp3) is 0.408. The highest BCUT2D eigenvalue weighted by Gasteiger charge is 2.34. The molecule has 0 aliphatic rings. The third-order valence-electron chi connectivity index (χ3n) is 11.6. The number of fused-ring (bicyclic) bond motifs is 1. The minimum absolute atomic E-state index is 0.0397. The quantitative estimate of drug-likeness (QED) is 0.0157. The molecule has 0 bridgehead atoms. The fourth-order valence-electron chi connectivity index (χ4n) is 7.81. The molecule has 3 aromatic carbocycles. The standard InChI is InChI=1S/C49H69N15O9/c1-28(65)59-37(12-7-23-57-49(54)55)43(69)62-40(25-30-15-19-33(67)20-16-30)46(72)63-39(24-29-13-17-32(66)18-14-29)45(71)61-38(10-4-5-21-50)44(70)64-41(26-31-27-58-35-9-3-2-8-34(31)35)47(73)60-36(42(51)68)11-6-22-56-48(52)53/h2-3,8-9,13-20,27,36-41,58,66-67H,4-7,10-12,21-26,50H2,1H3,(H2,51,68)(H,59,65)(H,60,73)(H,61,71)(H,62,69)(H,63,72)(H,64,70)(H4,52,53,56)(H4,54,55,57)/t36-,37-,38-,39-,40-,41-/m0/s1. The molecule has 1 heterocycles. The summed E-state index contributed by atoms with van der Waals surface area (Å²) in [5.74, 6) is -5.67. The number of carbonyl (C=O) groups is 7. The van der Waals surface area contributed by atoms with E-state index in [0.29, 0.717) is 29.5 Å². The van der Waals surface area contributed by atoms with E-state index in [1.165, 1.54) is 43.3 Å². The van der Waals surface area contributed by atoms with Gasteiger partial charge in [-0.15, -0.1) is 0 Å². The SMILES string of the molecule is CC(=O)N[C@@H](CCCN=C(N)N)C(=O)N[C@@H](Cc1ccc(O)cc1)C(=O)N[C@@H](Cc1ccc(O)cc1)C(=O)N[C@@H](CCCCN)C(=O)N[C@@H](Cc1c[nH]c2ccccc12)C(=O)N[C@@H](CCCN=C(N)N)C(N)=O. The molecular weight excluding hydrogens is 943 g/mol. The van der Waals surface area contributed by atoms with Gasteiger partial charge in [0, 0.05) is 56.4 Å². The van der Waals surface area contributed by atoms with E-state index in [1.54, 1.807) is 18.3 Å². The van der Waals surface area contributed by atoms with Gasteiger partial charge in [0.05, 0.1) is 0 Å². The van der Waals surface area contributed by atoms with Crippen molar-refractivity contribution in [2.24, 2.45) is 44.4 Å². The van der Waals surface area contributed by atoms with E-state index in [4.69, 9.17) is 34.4 Å². The number of H-pyrrole nitrogens is 1. The summed E-state index contributed by atoms with van der Waals surface area (Å²) in [5.41, 5.74) is 35.7. The van der Waals surface area contributed by atoms with Crippen LogP contribution in [0.1, 0.15) is 68.6 Å². The predicted molar refractivity (Wildman–Crippen MR) is 275 cm³/mol. The Morgan fingerprint density at radius 3 is 1.40 bits per heavy atom. The number of hydrogen-bond acceptors (Lipinski definition) is 12. The number of hydrogen-bond donors (Lipinski definition) is 15. The zero-order chi connectivity index (χ0) is 53.5. The number of aromatic amines is 1. The Hall–Kier alpha value is -8.41. The summed E-state index contributed by atoms with van der Waals surface area (Å²) in [6.45, 7) is 1.80. The maximum absolute atomic E-state index is 14.6. The van der Waals surface area contributed by atoms with Crippen molar-refractivity contribution in [1.29, 1.82) is 0 Å². The average molecular weight is 1010 g/mol. The minimum atomic E-state index is -1.42. The number of unbranched alkanes of at least 4 members (excludes halogenated alkanes) is 1. The van der Waals surface area contributed by atoms with Crippen LogP contribution < -0.4 is 66.3 Å². The maximum atomic E-state index is 14.6. The molecule has 24 nitrogen and oxygen atoms in total. The second kappa shape index (κ2) is 29.1. The molecule has 0 fully saturated rings. The van der Waals surface area contributed by atoms with Gasteiger partial charge < -0.3 is 81.5 Å². The Bertz CT molecular complexity index is 2540. The van der Waals surface area contributed by atoms with Gasteiger partial charge in [-0.25, -0.2) is 0 Å². The topological polar surface area (TPSA) is 429 Å². The number of nitrogens with one attached hydrogen (secondary N) is 7. The third kappa shape index (κ3) is 19.7. The summed E-state index contributed by atoms with van der Waals surface area (Å²) in [6, 6.07) is 11.4. The molecule has 0 aliphatic carbocycles. The molecule has 0 radical (unpaired) electrons. The van der Waals surface area contributed by atoms with E-state index in [2.05, 4.69) is 46.9 Å². The summed E-state index contributed by atoms with van der Waals surface area (Å²) >= 11 is 0. The molecule has 6 atom stereocenters. The molecular formula is C49H69N15O9. The number of aromatic hydroxyl groups is 2. The van der Waals surface area contributed by atoms with Gasteiger partial charge in [0.15, 0.2) is 11.9 Å². The lowest BCUT2D eigenvalue weighted by Crippen LogP contribution is -2.60. The summed E-state index contributed by atoms with van der Waals surface area (Å²) in [4.78, 5) is 108. The molecule has 4 rings (SSSR count). The lowest BCUT2D eigenvalue weighted by Gasteiger charge is -2.28. The number of nitrogens with zero attached hydrogens (tertiary/aromatic N) is 2. The number of aromatic nitrogens is 1. The van der Waals surface area contributed by atoms with Gasteiger partial charge in [-0.05, 0) is 98.5 Å². The normalized spacial score (nSPS) is 13.4. The van der Waals surface area contributed by atoms with Crippen molar-refractivity contribution in [2.45, 2.75) is 107 Å². The van der Waals surface area contributed by atoms with Crippen LogP contribution in [-0.2, 0) is 52.8 Å². The number of para-hydroxylation sites is 1. The van der Waals surface area contributed by atoms with Gasteiger partial charge in [0.1, 0.15) is 47.8 Å². The molecule has 0 unspecified atom stereocenters. The third-order valence-corrected chi connectivity index (χ3v) is 11.6. The monoisotopic (exact) mass is 1010 g/mol. The average Bonchev–Trinajstić information content (AvgIpc) is 3.75. The van der Waals surface area contributed by atoms with Crippen LogP contribution in [0.4, 0.5) is 0 Å². The van der Waals surface area contributed by atoms with Crippen LogP contribution in [-0.4, -0.2) is 124 Å². The van der Waals surface area contributed by atoms with Crippen molar-refractivity contribution in [3.05, 3.63) is 95.7 Å². The first-order chi connectivity index (χ1) is 34.8. The van der Waals surface area contributed by atoms with Crippen LogP contribution in [0.2, 0.25) is 0 Å². The first kappa shape index (κ1) is 57.2. The first-order valence-electron chi connectivity index (χ1n) is 23.8. The molecule has 0 spiro atoms. The Balaban J connectivity index is 1.67. The van der Waals surface area contributed by atoms with E-state index in [1.807, 2.05) is 24.3 Å². The molecule has 73 heavy (non-hydrogen) atoms. The molecule has 0 aliphatic heterocycles. The van der Waals surface area contributed by atoms with E-state index >= 15 is 0 Å². The van der Waals surface area contributed by atoms with Crippen molar-refractivity contribution < 1.29 is 43.8 Å². The highest BCUT2D eigenvalue weighted by Crippen LogP contribution is 2.20. The Labute approximate surface area is 422 Å². The number of primary amides is 1. The van der Waals surface area contributed by atoms with Crippen LogP contribution in [0, 0.1) is 0 Å². The predicted octanol–water partition coefficient (Wildman–Crippen LogP) is -1.74. The largest absolute Gasteiger partial charge is 0.508 e. The molecule has 394 valence electrons. The number of carbonyl (C=O) groups excluding carboxylic acids is 7. The highest BCUT2D eigenvalue weighted by atomic mass is 16.3. The van der Waals surface area contributed by atoms with Crippen molar-refractivity contribution >= 4 is 64.2 Å². The number of guanidine groups is 2. The van der Waals surface area contributed by atoms with E-state index in [9.17, 15) is 43.8 Å². The van der Waals surface area contributed by atoms with Gasteiger partial charge in [0.2, 0.25) is 41.4 Å². The van der Waals surface area contributed by atoms with Gasteiger partial charge in [-0.2, -0.15) is 0 Å². The molecule has 24 heteroatoms. The van der Waals surface area contributed by atoms with Crippen LogP contribution >= 0.6 is 0 Å². The van der Waals surface area contributed by atoms with E-state index < -0.39 is 77.6 Å². The van der Waals surface area contributed by atoms with Crippen molar-refractivity contribution in [1.82, 2.24) is 36.9 Å². The molecule has 21 N–H and O–H groups in total. The van der Waals surface area contributed by atoms with Crippen LogP contribution in [0.3, 0.4) is 0 Å².